The van der Waals surface area contributed by atoms with Crippen molar-refractivity contribution in [1.82, 2.24) is 0 Å². The van der Waals surface area contributed by atoms with Crippen LogP contribution in [0.15, 0.2) is 42.0 Å². The highest BCUT2D eigenvalue weighted by molar-refractivity contribution is 6.77. The topological polar surface area (TPSA) is 219 Å². The highest BCUT2D eigenvalue weighted by atomic mass is 28.4. The number of aliphatic carboxylic acids is 1. The number of rotatable bonds is 57. The molecule has 3 heterocycles. The number of carboxylic acids is 1. The second kappa shape index (κ2) is 50.0. The summed E-state index contributed by atoms with van der Waals surface area (Å²) in [6.45, 7) is 76.6. The molecule has 29 heteroatoms. The van der Waals surface area contributed by atoms with Crippen LogP contribution in [0.1, 0.15) is 292 Å². The number of esters is 1. The fourth-order valence-electron chi connectivity index (χ4n) is 28.2. The van der Waals surface area contributed by atoms with Gasteiger partial charge in [-0.2, -0.15) is 0 Å². The van der Waals surface area contributed by atoms with Gasteiger partial charge in [-0.3, -0.25) is 4.79 Å². The predicted molar refractivity (Wildman–Crippen MR) is 580 cm³/mol. The molecule has 1 N–H and O–H groups in total. The number of carboxylic acid groups (broad SMARTS) is 1. The van der Waals surface area contributed by atoms with Gasteiger partial charge in [-0.25, -0.2) is 4.79 Å². The lowest BCUT2D eigenvalue weighted by Crippen LogP contribution is -2.72. The summed E-state index contributed by atoms with van der Waals surface area (Å²) in [6, 6.07) is 33.2. The zero-order chi connectivity index (χ0) is 102. The molecule has 8 aliphatic rings. The zero-order valence-electron chi connectivity index (χ0n) is 93.3. The third kappa shape index (κ3) is 23.9. The van der Waals surface area contributed by atoms with E-state index in [0.717, 1.165) is 176 Å². The maximum absolute atomic E-state index is 16.9. The molecule has 1 aromatic rings. The predicted octanol–water partition coefficient (Wildman–Crippen LogP) is 28.5. The van der Waals surface area contributed by atoms with Crippen LogP contribution in [0.3, 0.4) is 0 Å². The van der Waals surface area contributed by atoms with Crippen molar-refractivity contribution in [2.75, 3.05) is 13.2 Å². The Hall–Kier alpha value is -1.08. The van der Waals surface area contributed by atoms with Gasteiger partial charge in [0.1, 0.15) is 67.8 Å². The molecule has 8 unspecified atom stereocenters. The molecule has 20 nitrogen and oxygen atoms in total. The highest BCUT2D eigenvalue weighted by Crippen LogP contribution is 2.77. The second-order valence-corrected chi connectivity index (χ2v) is 88.2. The van der Waals surface area contributed by atoms with Crippen LogP contribution in [0.5, 0.6) is 0 Å². The number of fused-ring (bicyclic) bond motifs is 7. The maximum atomic E-state index is 16.9. The monoisotopic (exact) mass is 2070 g/mol. The Morgan fingerprint density at radius 3 is 1.28 bits per heavy atom. The van der Waals surface area contributed by atoms with E-state index >= 15 is 9.59 Å². The lowest BCUT2D eigenvalue weighted by Gasteiger charge is -2.72. The van der Waals surface area contributed by atoms with Crippen molar-refractivity contribution in [2.45, 2.75) is 554 Å². The van der Waals surface area contributed by atoms with Gasteiger partial charge in [-0.05, 0) is 266 Å². The minimum Gasteiger partial charge on any atom is -0.481 e. The summed E-state index contributed by atoms with van der Waals surface area (Å²) in [5, 5.41) is 12.1. The Kier molecular flexibility index (Phi) is 43.6. The Morgan fingerprint density at radius 2 is 0.825 bits per heavy atom. The fourth-order valence-corrected chi connectivity index (χ4v) is 53.6. The largest absolute Gasteiger partial charge is 0.481 e. The molecule has 7 fully saturated rings. The molecule has 3 saturated heterocycles. The lowest BCUT2D eigenvalue weighted by atomic mass is 9.33. The Labute approximate surface area is 845 Å². The molecule has 792 valence electrons. The minimum absolute atomic E-state index is 0.0557. The smallest absolute Gasteiger partial charge is 0.338 e. The van der Waals surface area contributed by atoms with Gasteiger partial charge >= 0.3 is 11.9 Å². The molecule has 0 amide bonds. The van der Waals surface area contributed by atoms with Crippen LogP contribution in [-0.2, 0) is 94.0 Å². The summed E-state index contributed by atoms with van der Waals surface area (Å²) in [5.74, 6) is -1.66. The van der Waals surface area contributed by atoms with E-state index < -0.39 is 207 Å². The molecule has 0 aromatic heterocycles. The summed E-state index contributed by atoms with van der Waals surface area (Å²) >= 11 is 0. The number of carbonyl (C=O) groups excluding carboxylic acids is 2. The fraction of sp³-hybridized carbons (Fsp3) is 0.898. The summed E-state index contributed by atoms with van der Waals surface area (Å²) < 4.78 is 130. The number of hydrogen-bond donors (Lipinski definition) is 1. The summed E-state index contributed by atoms with van der Waals surface area (Å²) in [5.41, 5.74) is -1.35. The number of benzene rings is 1. The van der Waals surface area contributed by atoms with Crippen LogP contribution in [0.4, 0.5) is 0 Å². The standard InChI is InChI=1S/C108H204O20Si9/c1-34-129(35-2,36-3)115-78-83-89(123-132(43-10,44-11)45-12)92(125-134(49-16,50-17)51-18)97(128-137(58-25,59-26)60-27)101(116-83)120-95-91(118-99-96(127-136(55-22,56-23)57-24)90(124-133(46-13,47-14)48-15)84(77-114-99)121-130(37-4,38-5)39-6)93(126-135(52-19,53-20)54-21)94(98(110)113-76-80-64-62-61-63-65-80)119-100(95)117-87-69-70-104(30)85(105(87,31)79-109)68-71-106(32)86(104)67-66-81-82-74-103(28,29)72-73-108(82,102(111)112)88(75-107(81,106)33)122-131(40-7,41-8)42-9/h61-66,79,82-97,99-101H,34-60,67-78H2,1-33H3,(H,111,112)/t82?,83?,84-,85-,86?,87+,88+,89+,90+,91+,92+,93+,94?,95?,96?,97?,99+,100-,101+,104?,105-,106-,107-,108-/m1/s1. The van der Waals surface area contributed by atoms with Crippen molar-refractivity contribution >= 4 is 93.1 Å². The first kappa shape index (κ1) is 119. The summed E-state index contributed by atoms with van der Waals surface area (Å²) in [6.07, 6.45) is -5.66. The van der Waals surface area contributed by atoms with Crippen LogP contribution < -0.4 is 0 Å². The number of aldehydes is 1. The average Bonchev–Trinajstić information content (AvgIpc) is 0.667. The first-order valence-electron chi connectivity index (χ1n) is 56.6. The van der Waals surface area contributed by atoms with Crippen molar-refractivity contribution in [3.05, 3.63) is 47.5 Å². The van der Waals surface area contributed by atoms with E-state index in [-0.39, 0.29) is 48.4 Å². The molecule has 5 aliphatic carbocycles. The van der Waals surface area contributed by atoms with Crippen LogP contribution >= 0.6 is 0 Å². The third-order valence-electron chi connectivity index (χ3n) is 40.8. The van der Waals surface area contributed by atoms with Crippen molar-refractivity contribution < 1.29 is 92.5 Å². The lowest BCUT2D eigenvalue weighted by molar-refractivity contribution is -0.387. The molecule has 4 saturated carbocycles. The van der Waals surface area contributed by atoms with E-state index in [1.54, 1.807) is 0 Å². The molecule has 9 rings (SSSR count). The van der Waals surface area contributed by atoms with Crippen LogP contribution in [0.2, 0.25) is 163 Å². The first-order valence-corrected chi connectivity index (χ1v) is 79.4. The van der Waals surface area contributed by atoms with Gasteiger partial charge < -0.3 is 82.9 Å². The van der Waals surface area contributed by atoms with Gasteiger partial charge in [0.2, 0.25) is 0 Å². The number of ether oxygens (including phenoxy) is 7. The molecule has 1 aromatic carbocycles. The molecular weight excluding hydrogens is 1870 g/mol. The third-order valence-corrected chi connectivity index (χ3v) is 82.6. The van der Waals surface area contributed by atoms with E-state index in [9.17, 15) is 9.90 Å². The van der Waals surface area contributed by atoms with Crippen LogP contribution in [0, 0.1) is 50.2 Å². The molecule has 0 radical (unpaired) electrons. The van der Waals surface area contributed by atoms with Gasteiger partial charge in [0.25, 0.3) is 0 Å². The van der Waals surface area contributed by atoms with Crippen molar-refractivity contribution in [3.8, 4) is 0 Å². The summed E-state index contributed by atoms with van der Waals surface area (Å²) in [7, 11) is -23.7. The van der Waals surface area contributed by atoms with Crippen molar-refractivity contribution in [1.29, 1.82) is 0 Å². The molecule has 0 spiro atoms. The first-order chi connectivity index (χ1) is 65.1. The second-order valence-electron chi connectivity index (χ2n) is 45.6. The quantitative estimate of drug-likeness (QED) is 0.0211. The van der Waals surface area contributed by atoms with Gasteiger partial charge in [-0.15, -0.1) is 0 Å². The molecular formula is C108H204O20Si9. The van der Waals surface area contributed by atoms with Crippen molar-refractivity contribution in [2.24, 2.45) is 50.2 Å². The number of allylic oxidation sites excluding steroid dienone is 2. The van der Waals surface area contributed by atoms with E-state index in [1.807, 2.05) is 30.3 Å². The van der Waals surface area contributed by atoms with E-state index in [4.69, 9.17) is 73.0 Å². The highest BCUT2D eigenvalue weighted by Gasteiger charge is 2.74. The normalized spacial score (nSPS) is 33.7. The molecule has 3 aliphatic heterocycles. The molecule has 24 atom stereocenters. The minimum atomic E-state index is -3.00. The van der Waals surface area contributed by atoms with Gasteiger partial charge in [0, 0.05) is 0 Å². The zero-order valence-corrected chi connectivity index (χ0v) is 102. The van der Waals surface area contributed by atoms with E-state index in [1.165, 1.54) is 11.9 Å². The van der Waals surface area contributed by atoms with Gasteiger partial charge in [0.05, 0.1) is 42.4 Å². The Bertz CT molecular complexity index is 3820. The summed E-state index contributed by atoms with van der Waals surface area (Å²) in [4.78, 5) is 47.6. The SMILES string of the molecule is CC[Si](CC)(CC)OCC1O[C@@H](OC2[C@H](O[C@H]3CCC4(C)C5CC=C6C7CC(C)(C)CC[C@]7(C(=O)O)[C@@H](O[Si](CC)(CC)CC)C[C@@]6(C)[C@]5(C)CC[C@H]4[C@@]3(C)C=O)OC(C(=O)OCc3ccccc3)[C@@H](O[Si](CC)(CC)CC)[C@@H]2O[C@@H]2OC[C@@H](O[Si](CC)(CC)CC)[C@H](O[Si](CC)(CC)CC)C2O[Si](CC)(CC)CC)C(O[Si](CC)(CC)CC)[C@@H](O[Si](CC)(CC)CC)[C@H]1O[Si](CC)(CC)CC. The number of hydrogen-bond acceptors (Lipinski definition) is 19. The van der Waals surface area contributed by atoms with Crippen molar-refractivity contribution in [3.63, 3.8) is 0 Å². The molecule has 137 heavy (non-hydrogen) atoms. The van der Waals surface area contributed by atoms with Gasteiger partial charge in [0.15, 0.2) is 99.8 Å². The van der Waals surface area contributed by atoms with Crippen LogP contribution in [0.25, 0.3) is 0 Å². The van der Waals surface area contributed by atoms with Gasteiger partial charge in [-0.1, -0.05) is 270 Å². The average molecular weight is 2080 g/mol. The van der Waals surface area contributed by atoms with E-state index in [0.29, 0.717) is 50.2 Å². The Morgan fingerprint density at radius 1 is 0.409 bits per heavy atom. The maximum Gasteiger partial charge on any atom is 0.338 e. The number of carbonyl (C=O) groups is 3. The molecule has 0 bridgehead atoms. The Balaban J connectivity index is 1.39. The van der Waals surface area contributed by atoms with Crippen LogP contribution in [-0.4, -0.2) is 210 Å². The van der Waals surface area contributed by atoms with E-state index in [2.05, 4.69) is 235 Å².